The lowest BCUT2D eigenvalue weighted by atomic mass is 10.1. The summed E-state index contributed by atoms with van der Waals surface area (Å²) in [6.07, 6.45) is 12.4. The van der Waals surface area contributed by atoms with Gasteiger partial charge in [0.1, 0.15) is 11.3 Å². The number of rotatable bonds is 14. The summed E-state index contributed by atoms with van der Waals surface area (Å²) in [5.41, 5.74) is 0.239. The van der Waals surface area contributed by atoms with Crippen LogP contribution in [0.15, 0.2) is 24.3 Å². The molecule has 0 aromatic heterocycles. The molecule has 0 saturated carbocycles. The van der Waals surface area contributed by atoms with E-state index in [1.54, 1.807) is 18.2 Å². The molecule has 0 amide bonds. The van der Waals surface area contributed by atoms with E-state index >= 15 is 0 Å². The van der Waals surface area contributed by atoms with Crippen LogP contribution in [0.5, 0.6) is 5.75 Å². The van der Waals surface area contributed by atoms with Crippen LogP contribution < -0.4 is 5.32 Å². The zero-order chi connectivity index (χ0) is 20.2. The molecule has 1 aromatic rings. The molecule has 0 saturated heterocycles. The van der Waals surface area contributed by atoms with Gasteiger partial charge in [-0.15, -0.1) is 0 Å². The number of aromatic hydroxyl groups is 1. The number of hydrogen-bond donors (Lipinski definition) is 2. The van der Waals surface area contributed by atoms with Crippen molar-refractivity contribution in [2.45, 2.75) is 85.0 Å². The lowest BCUT2D eigenvalue weighted by molar-refractivity contribution is 0.0494. The number of phenolic OH excluding ortho intramolecular Hbond substituents is 1. The van der Waals surface area contributed by atoms with Gasteiger partial charge < -0.3 is 15.2 Å². The van der Waals surface area contributed by atoms with E-state index in [4.69, 9.17) is 4.74 Å². The Kier molecular flexibility index (Phi) is 18.1. The molecule has 0 heterocycles. The van der Waals surface area contributed by atoms with E-state index in [1.165, 1.54) is 64.0 Å². The molecule has 0 unspecified atom stereocenters. The van der Waals surface area contributed by atoms with E-state index in [0.717, 1.165) is 19.4 Å². The molecule has 0 fully saturated rings. The Bertz CT molecular complexity index is 457. The van der Waals surface area contributed by atoms with Gasteiger partial charge in [-0.05, 0) is 38.1 Å². The van der Waals surface area contributed by atoms with E-state index < -0.39 is 5.97 Å². The van der Waals surface area contributed by atoms with Crippen molar-refractivity contribution in [3.8, 4) is 5.75 Å². The first-order chi connectivity index (χ1) is 13.2. The van der Waals surface area contributed by atoms with Gasteiger partial charge in [-0.3, -0.25) is 0 Å². The minimum atomic E-state index is -0.443. The molecule has 1 rings (SSSR count). The molecule has 0 bridgehead atoms. The first kappa shape index (κ1) is 25.4. The first-order valence-electron chi connectivity index (χ1n) is 10.8. The summed E-state index contributed by atoms with van der Waals surface area (Å²) >= 11 is 0. The second-order valence-corrected chi connectivity index (χ2v) is 6.84. The van der Waals surface area contributed by atoms with E-state index in [2.05, 4.69) is 26.1 Å². The third-order valence-corrected chi connectivity index (χ3v) is 4.31. The van der Waals surface area contributed by atoms with Gasteiger partial charge in [0, 0.05) is 0 Å². The lowest BCUT2D eigenvalue weighted by Gasteiger charge is -2.06. The summed E-state index contributed by atoms with van der Waals surface area (Å²) in [5, 5.41) is 12.8. The molecule has 0 spiro atoms. The highest BCUT2D eigenvalue weighted by molar-refractivity contribution is 5.92. The molecule has 0 aliphatic heterocycles. The number of para-hydroxylation sites is 1. The molecular formula is C23H41NO3. The number of carbonyl (C=O) groups excluding carboxylic acids is 1. The fourth-order valence-electron chi connectivity index (χ4n) is 2.62. The second kappa shape index (κ2) is 19.2. The fraction of sp³-hybridized carbons (Fsp3) is 0.696. The Hall–Kier alpha value is -1.55. The Labute approximate surface area is 166 Å². The zero-order valence-corrected chi connectivity index (χ0v) is 17.8. The van der Waals surface area contributed by atoms with Gasteiger partial charge in [0.2, 0.25) is 0 Å². The molecule has 1 aromatic carbocycles. The van der Waals surface area contributed by atoms with Crippen molar-refractivity contribution in [2.75, 3.05) is 19.7 Å². The highest BCUT2D eigenvalue weighted by Gasteiger charge is 2.10. The van der Waals surface area contributed by atoms with Crippen molar-refractivity contribution in [1.82, 2.24) is 5.32 Å². The largest absolute Gasteiger partial charge is 0.507 e. The number of carbonyl (C=O) groups is 1. The molecule has 27 heavy (non-hydrogen) atoms. The third-order valence-electron chi connectivity index (χ3n) is 4.31. The lowest BCUT2D eigenvalue weighted by Crippen LogP contribution is -2.13. The minimum absolute atomic E-state index is 0.0227. The summed E-state index contributed by atoms with van der Waals surface area (Å²) < 4.78 is 5.12. The van der Waals surface area contributed by atoms with E-state index in [1.807, 2.05) is 0 Å². The standard InChI is InChI=1S/C15H22O3.C8H19N/c1-2-3-4-5-6-9-12-18-15(17)13-10-7-8-11-14(13)16;1-3-5-6-7-8-9-4-2/h7-8,10-11,16H,2-6,9,12H2,1H3;9H,3-8H2,1-2H3. The van der Waals surface area contributed by atoms with Gasteiger partial charge in [-0.1, -0.05) is 84.3 Å². The van der Waals surface area contributed by atoms with Crippen molar-refractivity contribution in [2.24, 2.45) is 0 Å². The highest BCUT2D eigenvalue weighted by atomic mass is 16.5. The number of phenols is 1. The maximum Gasteiger partial charge on any atom is 0.341 e. The van der Waals surface area contributed by atoms with Gasteiger partial charge in [-0.2, -0.15) is 0 Å². The Morgan fingerprint density at radius 2 is 1.48 bits per heavy atom. The van der Waals surface area contributed by atoms with Crippen LogP contribution in [0.4, 0.5) is 0 Å². The molecule has 0 atom stereocenters. The number of hydrogen-bond acceptors (Lipinski definition) is 4. The van der Waals surface area contributed by atoms with Gasteiger partial charge in [0.05, 0.1) is 6.61 Å². The van der Waals surface area contributed by atoms with Crippen LogP contribution in [0.25, 0.3) is 0 Å². The second-order valence-electron chi connectivity index (χ2n) is 6.84. The maximum atomic E-state index is 11.6. The number of esters is 1. The smallest absolute Gasteiger partial charge is 0.341 e. The van der Waals surface area contributed by atoms with Crippen LogP contribution in [-0.2, 0) is 4.74 Å². The molecule has 0 radical (unpaired) electrons. The molecule has 4 nitrogen and oxygen atoms in total. The van der Waals surface area contributed by atoms with Crippen LogP contribution in [0.1, 0.15) is 95.3 Å². The molecule has 2 N–H and O–H groups in total. The van der Waals surface area contributed by atoms with Gasteiger partial charge >= 0.3 is 5.97 Å². The van der Waals surface area contributed by atoms with Crippen LogP contribution in [0.3, 0.4) is 0 Å². The summed E-state index contributed by atoms with van der Waals surface area (Å²) in [4.78, 5) is 11.6. The average Bonchev–Trinajstić information content (AvgIpc) is 2.68. The topological polar surface area (TPSA) is 58.6 Å². The first-order valence-corrected chi connectivity index (χ1v) is 10.8. The van der Waals surface area contributed by atoms with Crippen molar-refractivity contribution < 1.29 is 14.6 Å². The predicted octanol–water partition coefficient (Wildman–Crippen LogP) is 6.09. The van der Waals surface area contributed by atoms with Gasteiger partial charge in [0.25, 0.3) is 0 Å². The van der Waals surface area contributed by atoms with Crippen molar-refractivity contribution in [1.29, 1.82) is 0 Å². The fourth-order valence-corrected chi connectivity index (χ4v) is 2.62. The van der Waals surface area contributed by atoms with Crippen LogP contribution in [0.2, 0.25) is 0 Å². The summed E-state index contributed by atoms with van der Waals surface area (Å²) in [6, 6.07) is 6.45. The number of unbranched alkanes of at least 4 members (excludes halogenated alkanes) is 8. The van der Waals surface area contributed by atoms with E-state index in [9.17, 15) is 9.90 Å². The normalized spacial score (nSPS) is 10.2. The van der Waals surface area contributed by atoms with Crippen LogP contribution in [0, 0.1) is 0 Å². The monoisotopic (exact) mass is 379 g/mol. The molecule has 0 aliphatic rings. The van der Waals surface area contributed by atoms with Gasteiger partial charge in [0.15, 0.2) is 0 Å². The molecule has 4 heteroatoms. The quantitative estimate of drug-likeness (QED) is 0.303. The Morgan fingerprint density at radius 1 is 0.889 bits per heavy atom. The summed E-state index contributed by atoms with van der Waals surface area (Å²) in [5.74, 6) is -0.466. The van der Waals surface area contributed by atoms with Crippen molar-refractivity contribution in [3.05, 3.63) is 29.8 Å². The Balaban J connectivity index is 0.000000636. The minimum Gasteiger partial charge on any atom is -0.507 e. The van der Waals surface area contributed by atoms with Gasteiger partial charge in [-0.25, -0.2) is 4.79 Å². The SMILES string of the molecule is CCCCCCCCOC(=O)c1ccccc1O.CCCCCCNCC. The molecule has 0 aliphatic carbocycles. The van der Waals surface area contributed by atoms with E-state index in [-0.39, 0.29) is 11.3 Å². The van der Waals surface area contributed by atoms with Crippen molar-refractivity contribution >= 4 is 5.97 Å². The number of nitrogens with one attached hydrogen (secondary N) is 1. The Morgan fingerprint density at radius 3 is 2.11 bits per heavy atom. The average molecular weight is 380 g/mol. The number of benzene rings is 1. The highest BCUT2D eigenvalue weighted by Crippen LogP contribution is 2.16. The summed E-state index contributed by atoms with van der Waals surface area (Å²) in [7, 11) is 0. The maximum absolute atomic E-state index is 11.6. The molecular weight excluding hydrogens is 338 g/mol. The van der Waals surface area contributed by atoms with Crippen molar-refractivity contribution in [3.63, 3.8) is 0 Å². The number of ether oxygens (including phenoxy) is 1. The van der Waals surface area contributed by atoms with Crippen LogP contribution >= 0.6 is 0 Å². The molecule has 156 valence electrons. The zero-order valence-electron chi connectivity index (χ0n) is 17.8. The van der Waals surface area contributed by atoms with Crippen LogP contribution in [-0.4, -0.2) is 30.8 Å². The summed E-state index contributed by atoms with van der Waals surface area (Å²) in [6.45, 7) is 9.34. The third kappa shape index (κ3) is 15.2. The van der Waals surface area contributed by atoms with E-state index in [0.29, 0.717) is 6.61 Å². The predicted molar refractivity (Wildman–Crippen MR) is 114 cm³/mol.